The second-order valence-corrected chi connectivity index (χ2v) is 5.15. The fraction of sp³-hybridized carbons (Fsp3) is 0.400. The van der Waals surface area contributed by atoms with Crippen molar-refractivity contribution in [3.8, 4) is 0 Å². The van der Waals surface area contributed by atoms with Crippen LogP contribution in [0.3, 0.4) is 0 Å². The van der Waals surface area contributed by atoms with Gasteiger partial charge in [-0.3, -0.25) is 14.8 Å². The van der Waals surface area contributed by atoms with Gasteiger partial charge in [0, 0.05) is 24.4 Å². The molecule has 0 saturated carbocycles. The molecule has 7 nitrogen and oxygen atoms in total. The molecule has 0 saturated heterocycles. The van der Waals surface area contributed by atoms with E-state index in [1.54, 1.807) is 26.2 Å². The quantitative estimate of drug-likeness (QED) is 0.655. The van der Waals surface area contributed by atoms with Crippen molar-refractivity contribution in [3.05, 3.63) is 45.3 Å². The van der Waals surface area contributed by atoms with Gasteiger partial charge in [0.25, 0.3) is 5.69 Å². The van der Waals surface area contributed by atoms with Crippen LogP contribution in [-0.2, 0) is 11.3 Å². The highest BCUT2D eigenvalue weighted by atomic mass is 16.6. The largest absolute Gasteiger partial charge is 0.383 e. The topological polar surface area (TPSA) is 82.2 Å². The molecule has 1 aromatic heterocycles. The number of nitrogens with one attached hydrogen (secondary N) is 1. The SMILES string of the molecule is COCCn1nc(C)c(Nc2ccc([N+](=O)[O-])c(C)c2)c1C. The Morgan fingerprint density at radius 2 is 2.09 bits per heavy atom. The normalized spacial score (nSPS) is 10.7. The maximum atomic E-state index is 10.9. The van der Waals surface area contributed by atoms with Crippen LogP contribution >= 0.6 is 0 Å². The Balaban J connectivity index is 2.25. The standard InChI is InChI=1S/C15H20N4O3/c1-10-9-13(5-6-14(10)19(20)21)16-15-11(2)17-18(12(15)3)7-8-22-4/h5-6,9,16H,7-8H2,1-4H3. The number of aryl methyl sites for hydroxylation is 2. The van der Waals surface area contributed by atoms with Crippen molar-refractivity contribution >= 4 is 17.1 Å². The first-order valence-electron chi connectivity index (χ1n) is 6.99. The summed E-state index contributed by atoms with van der Waals surface area (Å²) in [5.41, 5.74) is 4.35. The number of methoxy groups -OCH3 is 1. The van der Waals surface area contributed by atoms with Gasteiger partial charge in [0.2, 0.25) is 0 Å². The molecule has 1 N–H and O–H groups in total. The summed E-state index contributed by atoms with van der Waals surface area (Å²) in [5.74, 6) is 0. The van der Waals surface area contributed by atoms with Crippen LogP contribution in [0.5, 0.6) is 0 Å². The van der Waals surface area contributed by atoms with Crippen LogP contribution in [0.25, 0.3) is 0 Å². The molecule has 2 aromatic rings. The average Bonchev–Trinajstić information content (AvgIpc) is 2.72. The Bertz CT molecular complexity index is 694. The lowest BCUT2D eigenvalue weighted by Gasteiger charge is -2.09. The van der Waals surface area contributed by atoms with Crippen molar-refractivity contribution in [1.29, 1.82) is 0 Å². The summed E-state index contributed by atoms with van der Waals surface area (Å²) in [4.78, 5) is 10.5. The van der Waals surface area contributed by atoms with Crippen molar-refractivity contribution < 1.29 is 9.66 Å². The number of benzene rings is 1. The summed E-state index contributed by atoms with van der Waals surface area (Å²) in [6, 6.07) is 4.98. The summed E-state index contributed by atoms with van der Waals surface area (Å²) in [6.45, 7) is 6.92. The van der Waals surface area contributed by atoms with Gasteiger partial charge in [-0.1, -0.05) is 0 Å². The Kier molecular flexibility index (Phi) is 4.77. The van der Waals surface area contributed by atoms with Crippen LogP contribution in [0.15, 0.2) is 18.2 Å². The zero-order valence-corrected chi connectivity index (χ0v) is 13.2. The molecule has 0 spiro atoms. The van der Waals surface area contributed by atoms with Gasteiger partial charge in [-0.2, -0.15) is 5.10 Å². The number of rotatable bonds is 6. The molecule has 0 bridgehead atoms. The highest BCUT2D eigenvalue weighted by Gasteiger charge is 2.14. The summed E-state index contributed by atoms with van der Waals surface area (Å²) in [6.07, 6.45) is 0. The second kappa shape index (κ2) is 6.57. The molecule has 0 aliphatic rings. The molecule has 0 fully saturated rings. The van der Waals surface area contributed by atoms with Crippen LogP contribution in [-0.4, -0.2) is 28.4 Å². The molecular formula is C15H20N4O3. The number of hydrogen-bond acceptors (Lipinski definition) is 5. The molecule has 1 heterocycles. The predicted octanol–water partition coefficient (Wildman–Crippen LogP) is 3.11. The Labute approximate surface area is 129 Å². The van der Waals surface area contributed by atoms with Gasteiger partial charge in [0.15, 0.2) is 0 Å². The van der Waals surface area contributed by atoms with Crippen molar-refractivity contribution in [2.75, 3.05) is 19.0 Å². The van der Waals surface area contributed by atoms with Gasteiger partial charge in [0.05, 0.1) is 35.2 Å². The first kappa shape index (κ1) is 16.0. The molecule has 2 rings (SSSR count). The second-order valence-electron chi connectivity index (χ2n) is 5.15. The lowest BCUT2D eigenvalue weighted by Crippen LogP contribution is -2.07. The summed E-state index contributed by atoms with van der Waals surface area (Å²) in [7, 11) is 1.66. The number of anilines is 2. The number of hydrogen-bond donors (Lipinski definition) is 1. The molecule has 0 radical (unpaired) electrons. The minimum Gasteiger partial charge on any atom is -0.383 e. The van der Waals surface area contributed by atoms with Crippen LogP contribution in [0.2, 0.25) is 0 Å². The monoisotopic (exact) mass is 304 g/mol. The molecule has 0 aliphatic carbocycles. The number of ether oxygens (including phenoxy) is 1. The van der Waals surface area contributed by atoms with Crippen LogP contribution in [0.1, 0.15) is 17.0 Å². The lowest BCUT2D eigenvalue weighted by molar-refractivity contribution is -0.385. The van der Waals surface area contributed by atoms with E-state index in [1.165, 1.54) is 6.07 Å². The molecule has 22 heavy (non-hydrogen) atoms. The minimum absolute atomic E-state index is 0.120. The van der Waals surface area contributed by atoms with Gasteiger partial charge in [0.1, 0.15) is 0 Å². The Hall–Kier alpha value is -2.41. The van der Waals surface area contributed by atoms with E-state index in [1.807, 2.05) is 18.5 Å². The van der Waals surface area contributed by atoms with Crippen molar-refractivity contribution in [3.63, 3.8) is 0 Å². The van der Waals surface area contributed by atoms with Crippen LogP contribution in [0, 0.1) is 30.9 Å². The molecule has 0 atom stereocenters. The zero-order valence-electron chi connectivity index (χ0n) is 13.2. The van der Waals surface area contributed by atoms with Crippen molar-refractivity contribution in [1.82, 2.24) is 9.78 Å². The van der Waals surface area contributed by atoms with Crippen molar-refractivity contribution in [2.24, 2.45) is 0 Å². The Morgan fingerprint density at radius 1 is 1.36 bits per heavy atom. The number of nitro groups is 1. The van der Waals surface area contributed by atoms with E-state index in [0.717, 1.165) is 22.8 Å². The van der Waals surface area contributed by atoms with E-state index in [0.29, 0.717) is 18.7 Å². The van der Waals surface area contributed by atoms with Crippen molar-refractivity contribution in [2.45, 2.75) is 27.3 Å². The van der Waals surface area contributed by atoms with Gasteiger partial charge >= 0.3 is 0 Å². The smallest absolute Gasteiger partial charge is 0.272 e. The number of aromatic nitrogens is 2. The summed E-state index contributed by atoms with van der Waals surface area (Å²) >= 11 is 0. The third-order valence-corrected chi connectivity index (χ3v) is 3.55. The van der Waals surface area contributed by atoms with Crippen LogP contribution < -0.4 is 5.32 Å². The van der Waals surface area contributed by atoms with E-state index in [9.17, 15) is 10.1 Å². The highest BCUT2D eigenvalue weighted by Crippen LogP contribution is 2.27. The summed E-state index contributed by atoms with van der Waals surface area (Å²) < 4.78 is 6.96. The molecule has 1 aromatic carbocycles. The van der Waals surface area contributed by atoms with E-state index in [4.69, 9.17) is 4.74 Å². The molecule has 0 amide bonds. The first-order valence-corrected chi connectivity index (χ1v) is 6.99. The van der Waals surface area contributed by atoms with E-state index in [-0.39, 0.29) is 10.6 Å². The third kappa shape index (κ3) is 3.25. The zero-order chi connectivity index (χ0) is 16.3. The fourth-order valence-corrected chi connectivity index (χ4v) is 2.36. The van der Waals surface area contributed by atoms with E-state index >= 15 is 0 Å². The average molecular weight is 304 g/mol. The van der Waals surface area contributed by atoms with Gasteiger partial charge in [-0.15, -0.1) is 0 Å². The molecule has 0 unspecified atom stereocenters. The number of nitrogens with zero attached hydrogens (tertiary/aromatic N) is 3. The Morgan fingerprint density at radius 3 is 2.68 bits per heavy atom. The van der Waals surface area contributed by atoms with Gasteiger partial charge in [-0.05, 0) is 32.9 Å². The maximum absolute atomic E-state index is 10.9. The maximum Gasteiger partial charge on any atom is 0.272 e. The fourth-order valence-electron chi connectivity index (χ4n) is 2.36. The van der Waals surface area contributed by atoms with E-state index in [2.05, 4.69) is 10.4 Å². The molecule has 7 heteroatoms. The molecule has 0 aliphatic heterocycles. The predicted molar refractivity (Wildman–Crippen MR) is 84.7 cm³/mol. The minimum atomic E-state index is -0.377. The van der Waals surface area contributed by atoms with Crippen LogP contribution in [0.4, 0.5) is 17.1 Å². The lowest BCUT2D eigenvalue weighted by atomic mass is 10.1. The van der Waals surface area contributed by atoms with Gasteiger partial charge < -0.3 is 10.1 Å². The third-order valence-electron chi connectivity index (χ3n) is 3.55. The van der Waals surface area contributed by atoms with Gasteiger partial charge in [-0.25, -0.2) is 0 Å². The molecule has 118 valence electrons. The first-order chi connectivity index (χ1) is 10.4. The highest BCUT2D eigenvalue weighted by molar-refractivity contribution is 5.66. The van der Waals surface area contributed by atoms with E-state index < -0.39 is 0 Å². The number of nitro benzene ring substituents is 1. The molecular weight excluding hydrogens is 284 g/mol. The summed E-state index contributed by atoms with van der Waals surface area (Å²) in [5, 5.41) is 18.6.